The van der Waals surface area contributed by atoms with Crippen LogP contribution in [0.5, 0.6) is 5.75 Å². The fourth-order valence-electron chi connectivity index (χ4n) is 2.21. The molecule has 0 unspecified atom stereocenters. The van der Waals surface area contributed by atoms with Crippen molar-refractivity contribution < 1.29 is 4.74 Å². The van der Waals surface area contributed by atoms with E-state index in [1.54, 1.807) is 19.2 Å². The zero-order chi connectivity index (χ0) is 14.1. The average molecular weight is 289 g/mol. The predicted molar refractivity (Wildman–Crippen MR) is 79.7 cm³/mol. The third kappa shape index (κ3) is 2.30. The number of H-pyrrole nitrogens is 1. The summed E-state index contributed by atoms with van der Waals surface area (Å²) in [6, 6.07) is 13.0. The molecule has 0 saturated heterocycles. The van der Waals surface area contributed by atoms with Crippen LogP contribution < -0.4 is 10.3 Å². The fraction of sp³-hybridized carbons (Fsp3) is 0.133. The summed E-state index contributed by atoms with van der Waals surface area (Å²) in [5.74, 6) is 0.811. The van der Waals surface area contributed by atoms with Gasteiger partial charge >= 0.3 is 0 Å². The highest BCUT2D eigenvalue weighted by Crippen LogP contribution is 2.18. The van der Waals surface area contributed by atoms with Crippen molar-refractivity contribution in [1.29, 1.82) is 0 Å². The Hall–Kier alpha value is -2.20. The van der Waals surface area contributed by atoms with E-state index in [1.807, 2.05) is 35.0 Å². The van der Waals surface area contributed by atoms with E-state index in [-0.39, 0.29) is 5.56 Å². The molecule has 1 N–H and O–H groups in total. The van der Waals surface area contributed by atoms with E-state index >= 15 is 0 Å². The molecule has 4 nitrogen and oxygen atoms in total. The van der Waals surface area contributed by atoms with Crippen LogP contribution in [-0.4, -0.2) is 16.9 Å². The number of methoxy groups -OCH3 is 1. The number of hydrogen-bond donors (Lipinski definition) is 1. The summed E-state index contributed by atoms with van der Waals surface area (Å²) >= 11 is 5.92. The summed E-state index contributed by atoms with van der Waals surface area (Å²) in [6.45, 7) is 0.588. The molecule has 0 saturated carbocycles. The minimum Gasteiger partial charge on any atom is -0.497 e. The number of nitrogens with one attached hydrogen (secondary N) is 1. The Balaban J connectivity index is 2.00. The van der Waals surface area contributed by atoms with Crippen molar-refractivity contribution in [1.82, 2.24) is 9.78 Å². The van der Waals surface area contributed by atoms with Crippen molar-refractivity contribution in [2.45, 2.75) is 6.54 Å². The van der Waals surface area contributed by atoms with Gasteiger partial charge in [-0.05, 0) is 35.9 Å². The number of halogens is 1. The Morgan fingerprint density at radius 3 is 2.65 bits per heavy atom. The van der Waals surface area contributed by atoms with Crippen LogP contribution in [0, 0.1) is 0 Å². The van der Waals surface area contributed by atoms with Crippen molar-refractivity contribution in [3.63, 3.8) is 0 Å². The van der Waals surface area contributed by atoms with E-state index in [2.05, 4.69) is 5.10 Å². The Morgan fingerprint density at radius 1 is 1.20 bits per heavy atom. The lowest BCUT2D eigenvalue weighted by molar-refractivity contribution is 0.414. The highest BCUT2D eigenvalue weighted by Gasteiger charge is 2.07. The molecular weight excluding hydrogens is 276 g/mol. The van der Waals surface area contributed by atoms with Crippen LogP contribution >= 0.6 is 11.6 Å². The molecule has 1 heterocycles. The van der Waals surface area contributed by atoms with E-state index in [4.69, 9.17) is 16.3 Å². The summed E-state index contributed by atoms with van der Waals surface area (Å²) in [6.07, 6.45) is 0. The first-order valence-electron chi connectivity index (χ1n) is 6.18. The third-order valence-corrected chi connectivity index (χ3v) is 3.47. The van der Waals surface area contributed by atoms with Crippen LogP contribution in [0.25, 0.3) is 10.9 Å². The van der Waals surface area contributed by atoms with Gasteiger partial charge in [-0.2, -0.15) is 0 Å². The smallest absolute Gasteiger partial charge is 0.272 e. The molecule has 0 spiro atoms. The molecule has 0 aliphatic rings. The summed E-state index contributed by atoms with van der Waals surface area (Å²) in [5.41, 5.74) is 1.79. The maximum absolute atomic E-state index is 11.9. The van der Waals surface area contributed by atoms with Crippen LogP contribution in [-0.2, 0) is 6.54 Å². The molecule has 2 aromatic carbocycles. The molecule has 3 aromatic rings. The van der Waals surface area contributed by atoms with Crippen LogP contribution in [0.2, 0.25) is 5.02 Å². The largest absolute Gasteiger partial charge is 0.497 e. The van der Waals surface area contributed by atoms with Gasteiger partial charge in [-0.15, -0.1) is 0 Å². The highest BCUT2D eigenvalue weighted by molar-refractivity contribution is 6.31. The van der Waals surface area contributed by atoms with Gasteiger partial charge in [0.15, 0.2) is 0 Å². The van der Waals surface area contributed by atoms with Crippen LogP contribution in [0.4, 0.5) is 0 Å². The monoisotopic (exact) mass is 288 g/mol. The molecular formula is C15H13ClN2O2. The van der Waals surface area contributed by atoms with Gasteiger partial charge in [-0.25, -0.2) is 0 Å². The molecule has 102 valence electrons. The van der Waals surface area contributed by atoms with Crippen LogP contribution in [0.15, 0.2) is 47.3 Å². The molecule has 0 aliphatic carbocycles. The molecule has 20 heavy (non-hydrogen) atoms. The molecule has 0 radical (unpaired) electrons. The Morgan fingerprint density at radius 2 is 1.95 bits per heavy atom. The second-order valence-electron chi connectivity index (χ2n) is 4.54. The maximum Gasteiger partial charge on any atom is 0.272 e. The van der Waals surface area contributed by atoms with Crippen molar-refractivity contribution in [3.8, 4) is 5.75 Å². The zero-order valence-corrected chi connectivity index (χ0v) is 11.6. The summed E-state index contributed by atoms with van der Waals surface area (Å²) in [4.78, 5) is 11.9. The first-order valence-corrected chi connectivity index (χ1v) is 6.56. The second kappa shape index (κ2) is 5.06. The number of aromatic nitrogens is 2. The van der Waals surface area contributed by atoms with Gasteiger partial charge in [-0.1, -0.05) is 23.7 Å². The third-order valence-electron chi connectivity index (χ3n) is 3.23. The van der Waals surface area contributed by atoms with Crippen LogP contribution in [0.1, 0.15) is 5.56 Å². The Bertz CT molecular complexity index is 803. The molecule has 0 bridgehead atoms. The number of fused-ring (bicyclic) bond motifs is 1. The maximum atomic E-state index is 11.9. The van der Waals surface area contributed by atoms with E-state index in [0.717, 1.165) is 16.8 Å². The molecule has 5 heteroatoms. The van der Waals surface area contributed by atoms with Gasteiger partial charge in [0.25, 0.3) is 5.56 Å². The predicted octanol–water partition coefficient (Wildman–Crippen LogP) is 3.04. The lowest BCUT2D eigenvalue weighted by atomic mass is 10.2. The van der Waals surface area contributed by atoms with Gasteiger partial charge < -0.3 is 4.74 Å². The van der Waals surface area contributed by atoms with Crippen molar-refractivity contribution in [3.05, 3.63) is 63.4 Å². The Kier molecular flexibility index (Phi) is 3.24. The topological polar surface area (TPSA) is 47.0 Å². The van der Waals surface area contributed by atoms with Gasteiger partial charge in [-0.3, -0.25) is 14.6 Å². The number of nitrogens with zero attached hydrogens (tertiary/aromatic N) is 1. The fourth-order valence-corrected chi connectivity index (χ4v) is 2.38. The average Bonchev–Trinajstić information content (AvgIpc) is 2.76. The van der Waals surface area contributed by atoms with E-state index in [9.17, 15) is 4.79 Å². The van der Waals surface area contributed by atoms with Gasteiger partial charge in [0.2, 0.25) is 0 Å². The molecule has 0 aliphatic heterocycles. The van der Waals surface area contributed by atoms with Crippen LogP contribution in [0.3, 0.4) is 0 Å². The first-order chi connectivity index (χ1) is 9.67. The normalized spacial score (nSPS) is 10.9. The van der Waals surface area contributed by atoms with E-state index in [0.29, 0.717) is 17.0 Å². The molecule has 1 aromatic heterocycles. The minimum absolute atomic E-state index is 0.129. The summed E-state index contributed by atoms with van der Waals surface area (Å²) in [5, 5.41) is 3.99. The zero-order valence-electron chi connectivity index (χ0n) is 10.9. The standard InChI is InChI=1S/C15H13ClN2O2/c1-20-12-5-2-10(3-6-12)9-18-14-7-4-11(16)8-13(14)15(19)17-18/h2-8H,9H2,1H3,(H,17,19). The number of aromatic amines is 1. The Labute approximate surface area is 120 Å². The second-order valence-corrected chi connectivity index (χ2v) is 4.97. The minimum atomic E-state index is -0.129. The van der Waals surface area contributed by atoms with Crippen molar-refractivity contribution in [2.75, 3.05) is 7.11 Å². The molecule has 3 rings (SSSR count). The summed E-state index contributed by atoms with van der Waals surface area (Å²) < 4.78 is 6.94. The van der Waals surface area contributed by atoms with Crippen molar-refractivity contribution in [2.24, 2.45) is 0 Å². The quantitative estimate of drug-likeness (QED) is 0.805. The first kappa shape index (κ1) is 12.8. The molecule has 0 amide bonds. The number of rotatable bonds is 3. The lowest BCUT2D eigenvalue weighted by Gasteiger charge is -2.06. The number of ether oxygens (including phenoxy) is 1. The van der Waals surface area contributed by atoms with Gasteiger partial charge in [0, 0.05) is 5.02 Å². The number of hydrogen-bond acceptors (Lipinski definition) is 2. The van der Waals surface area contributed by atoms with E-state index in [1.165, 1.54) is 0 Å². The molecule has 0 fully saturated rings. The molecule has 0 atom stereocenters. The van der Waals surface area contributed by atoms with Gasteiger partial charge in [0.1, 0.15) is 5.75 Å². The van der Waals surface area contributed by atoms with Crippen molar-refractivity contribution >= 4 is 22.5 Å². The van der Waals surface area contributed by atoms with Gasteiger partial charge in [0.05, 0.1) is 24.6 Å². The SMILES string of the molecule is COc1ccc(Cn2[nH]c(=O)c3cc(Cl)ccc32)cc1. The summed E-state index contributed by atoms with van der Waals surface area (Å²) in [7, 11) is 1.63. The lowest BCUT2D eigenvalue weighted by Crippen LogP contribution is -2.06. The van der Waals surface area contributed by atoms with E-state index < -0.39 is 0 Å². The number of benzene rings is 2. The highest BCUT2D eigenvalue weighted by atomic mass is 35.5.